The van der Waals surface area contributed by atoms with Gasteiger partial charge in [-0.15, -0.1) is 11.6 Å². The van der Waals surface area contributed by atoms with Crippen molar-refractivity contribution in [3.63, 3.8) is 0 Å². The predicted octanol–water partition coefficient (Wildman–Crippen LogP) is 2.89. The molecule has 0 N–H and O–H groups in total. The van der Waals surface area contributed by atoms with E-state index in [0.29, 0.717) is 5.88 Å². The van der Waals surface area contributed by atoms with Gasteiger partial charge in [0.25, 0.3) is 0 Å². The molecule has 0 aliphatic rings. The Kier molecular flexibility index (Phi) is 4.03. The van der Waals surface area contributed by atoms with Crippen LogP contribution in [0.4, 0.5) is 10.1 Å². The van der Waals surface area contributed by atoms with Gasteiger partial charge < -0.3 is 4.90 Å². The molecule has 1 aromatic carbocycles. The van der Waals surface area contributed by atoms with Crippen molar-refractivity contribution in [2.75, 3.05) is 24.4 Å². The summed E-state index contributed by atoms with van der Waals surface area (Å²) in [4.78, 5) is 2.06. The molecule has 3 heteroatoms. The van der Waals surface area contributed by atoms with E-state index in [1.54, 1.807) is 12.1 Å². The maximum absolute atomic E-state index is 12.6. The topological polar surface area (TPSA) is 3.24 Å². The molecule has 0 bridgehead atoms. The third-order valence-corrected chi connectivity index (χ3v) is 2.16. The van der Waals surface area contributed by atoms with Crippen molar-refractivity contribution in [3.05, 3.63) is 30.1 Å². The largest absolute Gasteiger partial charge is 0.375 e. The average molecular weight is 202 g/mol. The Bertz CT molecular complexity index is 248. The highest BCUT2D eigenvalue weighted by atomic mass is 35.5. The van der Waals surface area contributed by atoms with Gasteiger partial charge in [0.1, 0.15) is 5.82 Å². The van der Waals surface area contributed by atoms with Gasteiger partial charge in [-0.05, 0) is 30.7 Å². The first kappa shape index (κ1) is 10.3. The zero-order valence-electron chi connectivity index (χ0n) is 7.63. The van der Waals surface area contributed by atoms with Crippen molar-refractivity contribution in [1.82, 2.24) is 0 Å². The molecule has 13 heavy (non-hydrogen) atoms. The molecule has 0 amide bonds. The summed E-state index contributed by atoms with van der Waals surface area (Å²) in [5, 5.41) is 0. The molecular weight excluding hydrogens is 189 g/mol. The lowest BCUT2D eigenvalue weighted by Crippen LogP contribution is -2.18. The monoisotopic (exact) mass is 201 g/mol. The fourth-order valence-corrected chi connectivity index (χ4v) is 1.24. The summed E-state index contributed by atoms with van der Waals surface area (Å²) in [6.45, 7) is 0.898. The van der Waals surface area contributed by atoms with Gasteiger partial charge in [-0.25, -0.2) is 4.39 Å². The molecule has 0 radical (unpaired) electrons. The zero-order chi connectivity index (χ0) is 9.68. The summed E-state index contributed by atoms with van der Waals surface area (Å²) in [7, 11) is 1.97. The standard InChI is InChI=1S/C10H13ClFN/c1-13(8-2-7-11)10-5-3-9(12)4-6-10/h3-6H,2,7-8H2,1H3. The van der Waals surface area contributed by atoms with Gasteiger partial charge in [0.15, 0.2) is 0 Å². The SMILES string of the molecule is CN(CCCCl)c1ccc(F)cc1. The number of alkyl halides is 1. The van der Waals surface area contributed by atoms with Crippen molar-refractivity contribution < 1.29 is 4.39 Å². The van der Waals surface area contributed by atoms with Gasteiger partial charge in [0.05, 0.1) is 0 Å². The lowest BCUT2D eigenvalue weighted by molar-refractivity contribution is 0.627. The zero-order valence-corrected chi connectivity index (χ0v) is 8.39. The van der Waals surface area contributed by atoms with Crippen LogP contribution in [0.15, 0.2) is 24.3 Å². The number of benzene rings is 1. The molecule has 0 aliphatic carbocycles. The molecule has 1 aromatic rings. The van der Waals surface area contributed by atoms with Crippen LogP contribution in [-0.2, 0) is 0 Å². The van der Waals surface area contributed by atoms with E-state index in [-0.39, 0.29) is 5.82 Å². The van der Waals surface area contributed by atoms with E-state index in [9.17, 15) is 4.39 Å². The van der Waals surface area contributed by atoms with Gasteiger partial charge in [0.2, 0.25) is 0 Å². The van der Waals surface area contributed by atoms with E-state index in [1.807, 2.05) is 7.05 Å². The molecule has 1 rings (SSSR count). The van der Waals surface area contributed by atoms with E-state index in [0.717, 1.165) is 18.7 Å². The molecule has 0 atom stereocenters. The van der Waals surface area contributed by atoms with E-state index >= 15 is 0 Å². The minimum Gasteiger partial charge on any atom is -0.375 e. The predicted molar refractivity (Wildman–Crippen MR) is 55.0 cm³/mol. The Hall–Kier alpha value is -0.760. The molecule has 0 fully saturated rings. The van der Waals surface area contributed by atoms with Crippen molar-refractivity contribution in [2.24, 2.45) is 0 Å². The highest BCUT2D eigenvalue weighted by Crippen LogP contribution is 2.13. The summed E-state index contributed by atoms with van der Waals surface area (Å²) >= 11 is 5.57. The molecule has 0 saturated heterocycles. The van der Waals surface area contributed by atoms with Crippen molar-refractivity contribution in [2.45, 2.75) is 6.42 Å². The summed E-state index contributed by atoms with van der Waals surface area (Å²) in [5.74, 6) is 0.459. The van der Waals surface area contributed by atoms with Crippen LogP contribution >= 0.6 is 11.6 Å². The maximum Gasteiger partial charge on any atom is 0.123 e. The number of hydrogen-bond acceptors (Lipinski definition) is 1. The average Bonchev–Trinajstić information content (AvgIpc) is 2.15. The summed E-state index contributed by atoms with van der Waals surface area (Å²) in [5.41, 5.74) is 1.02. The van der Waals surface area contributed by atoms with Crippen LogP contribution in [0.2, 0.25) is 0 Å². The van der Waals surface area contributed by atoms with E-state index < -0.39 is 0 Å². The van der Waals surface area contributed by atoms with E-state index in [1.165, 1.54) is 12.1 Å². The van der Waals surface area contributed by atoms with Gasteiger partial charge in [-0.1, -0.05) is 0 Å². The van der Waals surface area contributed by atoms with E-state index in [2.05, 4.69) is 4.90 Å². The minimum atomic E-state index is -0.200. The van der Waals surface area contributed by atoms with Crippen molar-refractivity contribution >= 4 is 17.3 Å². The molecule has 0 saturated carbocycles. The second kappa shape index (κ2) is 5.07. The Morgan fingerprint density at radius 3 is 2.46 bits per heavy atom. The first-order chi connectivity index (χ1) is 6.24. The second-order valence-electron chi connectivity index (χ2n) is 2.94. The molecule has 0 aromatic heterocycles. The quantitative estimate of drug-likeness (QED) is 0.678. The molecule has 0 aliphatic heterocycles. The van der Waals surface area contributed by atoms with E-state index in [4.69, 9.17) is 11.6 Å². The van der Waals surface area contributed by atoms with Crippen LogP contribution in [0.1, 0.15) is 6.42 Å². The smallest absolute Gasteiger partial charge is 0.123 e. The van der Waals surface area contributed by atoms with Crippen LogP contribution in [0.25, 0.3) is 0 Å². The van der Waals surface area contributed by atoms with Crippen molar-refractivity contribution in [1.29, 1.82) is 0 Å². The van der Waals surface area contributed by atoms with Gasteiger partial charge in [0, 0.05) is 25.2 Å². The second-order valence-corrected chi connectivity index (χ2v) is 3.32. The summed E-state index contributed by atoms with van der Waals surface area (Å²) in [6.07, 6.45) is 0.940. The van der Waals surface area contributed by atoms with Crippen LogP contribution in [0.3, 0.4) is 0 Å². The minimum absolute atomic E-state index is 0.200. The lowest BCUT2D eigenvalue weighted by Gasteiger charge is -2.18. The van der Waals surface area contributed by atoms with Crippen LogP contribution < -0.4 is 4.90 Å². The van der Waals surface area contributed by atoms with Gasteiger partial charge >= 0.3 is 0 Å². The highest BCUT2D eigenvalue weighted by Gasteiger charge is 1.99. The fourth-order valence-electron chi connectivity index (χ4n) is 1.12. The van der Waals surface area contributed by atoms with Crippen LogP contribution in [0.5, 0.6) is 0 Å². The number of rotatable bonds is 4. The van der Waals surface area contributed by atoms with Gasteiger partial charge in [-0.3, -0.25) is 0 Å². The first-order valence-electron chi connectivity index (χ1n) is 4.26. The molecule has 0 spiro atoms. The van der Waals surface area contributed by atoms with Crippen molar-refractivity contribution in [3.8, 4) is 0 Å². The molecule has 72 valence electrons. The Balaban J connectivity index is 2.55. The van der Waals surface area contributed by atoms with Crippen LogP contribution in [-0.4, -0.2) is 19.5 Å². The Labute approximate surface area is 83.1 Å². The Morgan fingerprint density at radius 2 is 1.92 bits per heavy atom. The maximum atomic E-state index is 12.6. The summed E-state index contributed by atoms with van der Waals surface area (Å²) < 4.78 is 12.6. The number of halogens is 2. The number of nitrogens with zero attached hydrogens (tertiary/aromatic N) is 1. The Morgan fingerprint density at radius 1 is 1.31 bits per heavy atom. The molecule has 1 nitrogen and oxygen atoms in total. The third kappa shape index (κ3) is 3.23. The van der Waals surface area contributed by atoms with Crippen LogP contribution in [0, 0.1) is 5.82 Å². The third-order valence-electron chi connectivity index (χ3n) is 1.89. The molecular formula is C10H13ClFN. The van der Waals surface area contributed by atoms with Gasteiger partial charge in [-0.2, -0.15) is 0 Å². The number of anilines is 1. The fraction of sp³-hybridized carbons (Fsp3) is 0.400. The summed E-state index contributed by atoms with van der Waals surface area (Å²) in [6, 6.07) is 6.46. The first-order valence-corrected chi connectivity index (χ1v) is 4.80. The normalized spacial score (nSPS) is 10.1. The molecule has 0 unspecified atom stereocenters. The highest BCUT2D eigenvalue weighted by molar-refractivity contribution is 6.17. The number of hydrogen-bond donors (Lipinski definition) is 0. The lowest BCUT2D eigenvalue weighted by atomic mass is 10.3. The molecule has 0 heterocycles.